The van der Waals surface area contributed by atoms with Crippen LogP contribution in [0.15, 0.2) is 73.3 Å². The monoisotopic (exact) mass is 462 g/mol. The quantitative estimate of drug-likeness (QED) is 0.372. The average Bonchev–Trinajstić information content (AvgIpc) is 3.63. The molecule has 0 N–H and O–H groups in total. The highest BCUT2D eigenvalue weighted by Gasteiger charge is 2.26. The Bertz CT molecular complexity index is 1570. The van der Waals surface area contributed by atoms with Crippen molar-refractivity contribution in [3.8, 4) is 40.4 Å². The summed E-state index contributed by atoms with van der Waals surface area (Å²) >= 11 is 0. The van der Waals surface area contributed by atoms with Gasteiger partial charge in [-0.25, -0.2) is 4.98 Å². The standard InChI is InChI=1S/C27H22N6O2/c1-34-17-26-29-30-27-22-15-21(35-2)10-12-24(22)33-18-28-23(25(33)16-32(26)27)11-7-19-5-8-20(9-6-19)31-13-3-4-14-31/h3-6,8-10,12-15,18H,16-17H2,1-2H3. The maximum Gasteiger partial charge on any atom is 0.166 e. The van der Waals surface area contributed by atoms with Gasteiger partial charge in [0.25, 0.3) is 0 Å². The van der Waals surface area contributed by atoms with E-state index < -0.39 is 0 Å². The van der Waals surface area contributed by atoms with Gasteiger partial charge in [0, 0.05) is 36.3 Å². The molecule has 0 fully saturated rings. The van der Waals surface area contributed by atoms with Crippen molar-refractivity contribution >= 4 is 0 Å². The number of ether oxygens (including phenoxy) is 2. The highest BCUT2D eigenvalue weighted by molar-refractivity contribution is 5.71. The molecule has 35 heavy (non-hydrogen) atoms. The molecule has 0 spiro atoms. The minimum Gasteiger partial charge on any atom is -0.497 e. The lowest BCUT2D eigenvalue weighted by Crippen LogP contribution is -2.09. The maximum atomic E-state index is 5.47. The minimum absolute atomic E-state index is 0.356. The third-order valence-electron chi connectivity index (χ3n) is 6.07. The van der Waals surface area contributed by atoms with Crippen LogP contribution >= 0.6 is 0 Å². The molecule has 8 nitrogen and oxygen atoms in total. The molecule has 5 aromatic rings. The van der Waals surface area contributed by atoms with Crippen LogP contribution in [0.5, 0.6) is 5.75 Å². The zero-order chi connectivity index (χ0) is 23.8. The van der Waals surface area contributed by atoms with Gasteiger partial charge in [-0.1, -0.05) is 5.92 Å². The number of imidazole rings is 1. The third-order valence-corrected chi connectivity index (χ3v) is 6.07. The summed E-state index contributed by atoms with van der Waals surface area (Å²) in [5.41, 5.74) is 5.55. The zero-order valence-electron chi connectivity index (χ0n) is 19.3. The summed E-state index contributed by atoms with van der Waals surface area (Å²) in [5, 5.41) is 8.85. The van der Waals surface area contributed by atoms with E-state index in [1.165, 1.54) is 0 Å². The van der Waals surface area contributed by atoms with E-state index in [2.05, 4.69) is 52.9 Å². The highest BCUT2D eigenvalue weighted by Crippen LogP contribution is 2.34. The maximum absolute atomic E-state index is 5.47. The smallest absolute Gasteiger partial charge is 0.166 e. The molecule has 0 radical (unpaired) electrons. The fourth-order valence-corrected chi connectivity index (χ4v) is 4.31. The lowest BCUT2D eigenvalue weighted by Gasteiger charge is -2.09. The van der Waals surface area contributed by atoms with Crippen LogP contribution in [0.25, 0.3) is 22.8 Å². The second-order valence-electron chi connectivity index (χ2n) is 8.14. The number of fused-ring (bicyclic) bond motifs is 5. The van der Waals surface area contributed by atoms with Gasteiger partial charge in [-0.2, -0.15) is 0 Å². The Hall–Kier alpha value is -4.61. The number of methoxy groups -OCH3 is 2. The van der Waals surface area contributed by atoms with Crippen molar-refractivity contribution in [2.24, 2.45) is 0 Å². The number of hydrogen-bond acceptors (Lipinski definition) is 5. The highest BCUT2D eigenvalue weighted by atomic mass is 16.5. The van der Waals surface area contributed by atoms with Crippen LogP contribution in [0.4, 0.5) is 0 Å². The number of nitrogens with zero attached hydrogens (tertiary/aromatic N) is 6. The molecule has 1 aliphatic rings. The first-order valence-electron chi connectivity index (χ1n) is 11.2. The Morgan fingerprint density at radius 3 is 2.57 bits per heavy atom. The summed E-state index contributed by atoms with van der Waals surface area (Å²) in [6.45, 7) is 0.879. The predicted octanol–water partition coefficient (Wildman–Crippen LogP) is 3.84. The van der Waals surface area contributed by atoms with Crippen LogP contribution < -0.4 is 4.74 Å². The Labute approximate surface area is 202 Å². The molecule has 172 valence electrons. The molecule has 6 rings (SSSR count). The van der Waals surface area contributed by atoms with Gasteiger partial charge in [-0.3, -0.25) is 4.57 Å². The van der Waals surface area contributed by atoms with Crippen molar-refractivity contribution in [1.82, 2.24) is 28.9 Å². The molecular weight excluding hydrogens is 440 g/mol. The molecule has 0 unspecified atom stereocenters. The molecule has 2 aromatic carbocycles. The Kier molecular flexibility index (Phi) is 5.17. The van der Waals surface area contributed by atoms with E-state index in [1.54, 1.807) is 14.2 Å². The normalized spacial score (nSPS) is 11.6. The van der Waals surface area contributed by atoms with Crippen molar-refractivity contribution in [2.45, 2.75) is 13.2 Å². The second-order valence-corrected chi connectivity index (χ2v) is 8.14. The molecule has 0 saturated heterocycles. The Balaban J connectivity index is 1.42. The molecule has 1 aliphatic heterocycles. The number of benzene rings is 2. The van der Waals surface area contributed by atoms with Crippen molar-refractivity contribution < 1.29 is 9.47 Å². The summed E-state index contributed by atoms with van der Waals surface area (Å²) in [6, 6.07) is 18.1. The first-order valence-corrected chi connectivity index (χ1v) is 11.2. The van der Waals surface area contributed by atoms with Crippen LogP contribution in [0.2, 0.25) is 0 Å². The molecule has 0 atom stereocenters. The topological polar surface area (TPSA) is 71.9 Å². The van der Waals surface area contributed by atoms with E-state index in [-0.39, 0.29) is 0 Å². The predicted molar refractivity (Wildman–Crippen MR) is 131 cm³/mol. The summed E-state index contributed by atoms with van der Waals surface area (Å²) in [4.78, 5) is 4.66. The molecule has 8 heteroatoms. The number of aromatic nitrogens is 6. The lowest BCUT2D eigenvalue weighted by atomic mass is 10.1. The van der Waals surface area contributed by atoms with Crippen LogP contribution in [0, 0.1) is 11.8 Å². The van der Waals surface area contributed by atoms with Crippen molar-refractivity contribution in [3.63, 3.8) is 0 Å². The van der Waals surface area contributed by atoms with E-state index in [9.17, 15) is 0 Å². The molecule has 0 saturated carbocycles. The van der Waals surface area contributed by atoms with Gasteiger partial charge in [0.1, 0.15) is 24.4 Å². The fraction of sp³-hybridized carbons (Fsp3) is 0.148. The SMILES string of the molecule is COCc1nnc2n1Cc1c(C#Cc3ccc(-n4cccc4)cc3)ncn1-c1ccc(OC)cc1-2. The first-order chi connectivity index (χ1) is 17.2. The molecular formula is C27H22N6O2. The molecule has 0 aliphatic carbocycles. The number of hydrogen-bond donors (Lipinski definition) is 0. The Morgan fingerprint density at radius 1 is 0.971 bits per heavy atom. The van der Waals surface area contributed by atoms with Gasteiger partial charge in [-0.05, 0) is 60.5 Å². The van der Waals surface area contributed by atoms with Crippen molar-refractivity contribution in [1.29, 1.82) is 0 Å². The van der Waals surface area contributed by atoms with E-state index in [1.807, 2.05) is 61.2 Å². The Morgan fingerprint density at radius 2 is 1.80 bits per heavy atom. The van der Waals surface area contributed by atoms with Gasteiger partial charge in [0.05, 0.1) is 25.0 Å². The van der Waals surface area contributed by atoms with Crippen LogP contribution in [-0.4, -0.2) is 43.1 Å². The van der Waals surface area contributed by atoms with E-state index in [4.69, 9.17) is 9.47 Å². The van der Waals surface area contributed by atoms with E-state index in [0.717, 1.165) is 45.6 Å². The van der Waals surface area contributed by atoms with Crippen LogP contribution in [0.1, 0.15) is 22.8 Å². The summed E-state index contributed by atoms with van der Waals surface area (Å²) < 4.78 is 17.0. The van der Waals surface area contributed by atoms with Gasteiger partial charge in [0.15, 0.2) is 11.6 Å². The molecule has 3 aromatic heterocycles. The fourth-order valence-electron chi connectivity index (χ4n) is 4.31. The van der Waals surface area contributed by atoms with Crippen molar-refractivity contribution in [3.05, 3.63) is 96.1 Å². The van der Waals surface area contributed by atoms with E-state index in [0.29, 0.717) is 18.8 Å². The van der Waals surface area contributed by atoms with Gasteiger partial charge in [0.2, 0.25) is 0 Å². The van der Waals surface area contributed by atoms with Crippen molar-refractivity contribution in [2.75, 3.05) is 14.2 Å². The van der Waals surface area contributed by atoms with Crippen LogP contribution in [0.3, 0.4) is 0 Å². The van der Waals surface area contributed by atoms with Gasteiger partial charge >= 0.3 is 0 Å². The van der Waals surface area contributed by atoms with Gasteiger partial charge in [-0.15, -0.1) is 10.2 Å². The average molecular weight is 463 g/mol. The zero-order valence-corrected chi connectivity index (χ0v) is 19.3. The van der Waals surface area contributed by atoms with Crippen LogP contribution in [-0.2, 0) is 17.9 Å². The summed E-state index contributed by atoms with van der Waals surface area (Å²) in [5.74, 6) is 8.80. The largest absolute Gasteiger partial charge is 0.497 e. The van der Waals surface area contributed by atoms with E-state index >= 15 is 0 Å². The van der Waals surface area contributed by atoms with Gasteiger partial charge < -0.3 is 18.6 Å². The molecule has 4 heterocycles. The third kappa shape index (κ3) is 3.68. The first kappa shape index (κ1) is 21.0. The minimum atomic E-state index is 0.356. The molecule has 0 bridgehead atoms. The summed E-state index contributed by atoms with van der Waals surface area (Å²) in [7, 11) is 3.30. The summed E-state index contributed by atoms with van der Waals surface area (Å²) in [6.07, 6.45) is 5.85. The number of rotatable bonds is 4. The molecule has 0 amide bonds. The lowest BCUT2D eigenvalue weighted by molar-refractivity contribution is 0.174. The second kappa shape index (κ2) is 8.63.